The second-order valence-electron chi connectivity index (χ2n) is 9.07. The van der Waals surface area contributed by atoms with Gasteiger partial charge in [-0.15, -0.1) is 0 Å². The first-order valence-electron chi connectivity index (χ1n) is 11.9. The van der Waals surface area contributed by atoms with Crippen LogP contribution >= 0.6 is 0 Å². The van der Waals surface area contributed by atoms with Gasteiger partial charge in [0.05, 0.1) is 23.1 Å². The molecule has 3 aromatic rings. The molecule has 5 rings (SSSR count). The van der Waals surface area contributed by atoms with Gasteiger partial charge < -0.3 is 14.7 Å². The number of halogens is 1. The van der Waals surface area contributed by atoms with Crippen molar-refractivity contribution in [3.63, 3.8) is 0 Å². The van der Waals surface area contributed by atoms with Crippen molar-refractivity contribution >= 4 is 21.4 Å². The molecule has 0 spiro atoms. The van der Waals surface area contributed by atoms with Crippen LogP contribution in [0.3, 0.4) is 0 Å². The van der Waals surface area contributed by atoms with Crippen molar-refractivity contribution in [2.24, 2.45) is 0 Å². The Bertz CT molecular complexity index is 1230. The number of para-hydroxylation sites is 2. The molecule has 1 saturated carbocycles. The smallest absolute Gasteiger partial charge is 0.240 e. The predicted molar refractivity (Wildman–Crippen MR) is 133 cm³/mol. The van der Waals surface area contributed by atoms with Crippen molar-refractivity contribution in [2.45, 2.75) is 55.2 Å². The molecule has 0 unspecified atom stereocenters. The number of aliphatic hydroxyl groups excluding tert-OH is 1. The van der Waals surface area contributed by atoms with E-state index in [0.29, 0.717) is 6.42 Å². The van der Waals surface area contributed by atoms with Gasteiger partial charge in [-0.1, -0.05) is 36.4 Å². The number of alkyl halides is 1. The number of benzene rings is 3. The first-order valence-corrected chi connectivity index (χ1v) is 13.4. The quantitative estimate of drug-likeness (QED) is 0.526. The van der Waals surface area contributed by atoms with Crippen LogP contribution in [0.15, 0.2) is 77.7 Å². The van der Waals surface area contributed by atoms with Crippen LogP contribution in [0.4, 0.5) is 15.8 Å². The second kappa shape index (κ2) is 9.97. The van der Waals surface area contributed by atoms with E-state index >= 15 is 0 Å². The summed E-state index contributed by atoms with van der Waals surface area (Å²) in [5.74, 6) is 0.253. The lowest BCUT2D eigenvalue weighted by atomic mass is 9.86. The first-order chi connectivity index (χ1) is 17.0. The average molecular weight is 497 g/mol. The largest absolute Gasteiger partial charge is 0.463 e. The van der Waals surface area contributed by atoms with Crippen LogP contribution in [0.25, 0.3) is 0 Å². The third-order valence-corrected chi connectivity index (χ3v) is 8.49. The molecule has 2 aliphatic rings. The van der Waals surface area contributed by atoms with Crippen molar-refractivity contribution in [2.75, 3.05) is 11.8 Å². The monoisotopic (exact) mass is 496 g/mol. The molecule has 8 heteroatoms. The van der Waals surface area contributed by atoms with E-state index in [0.717, 1.165) is 37.1 Å². The van der Waals surface area contributed by atoms with E-state index in [1.807, 2.05) is 24.3 Å². The Morgan fingerprint density at radius 2 is 1.51 bits per heavy atom. The van der Waals surface area contributed by atoms with Crippen LogP contribution < -0.4 is 14.4 Å². The number of fused-ring (bicyclic) bond motifs is 2. The van der Waals surface area contributed by atoms with E-state index in [-0.39, 0.29) is 16.7 Å². The lowest BCUT2D eigenvalue weighted by Gasteiger charge is -2.43. The zero-order valence-corrected chi connectivity index (χ0v) is 20.1. The van der Waals surface area contributed by atoms with Gasteiger partial charge in [-0.2, -0.15) is 0 Å². The molecule has 1 aliphatic heterocycles. The lowest BCUT2D eigenvalue weighted by Crippen LogP contribution is -2.55. The fourth-order valence-corrected chi connectivity index (χ4v) is 6.57. The number of sulfonamides is 1. The molecule has 3 atom stereocenters. The molecule has 1 aliphatic carbocycles. The van der Waals surface area contributed by atoms with E-state index in [4.69, 9.17) is 4.74 Å². The second-order valence-corrected chi connectivity index (χ2v) is 10.8. The van der Waals surface area contributed by atoms with Crippen LogP contribution in [0.2, 0.25) is 0 Å². The fourth-order valence-electron chi connectivity index (χ4n) is 5.28. The summed E-state index contributed by atoms with van der Waals surface area (Å²) in [4.78, 5) is 2.26. The molecule has 0 bridgehead atoms. The number of aryl methyl sites for hydroxylation is 2. The minimum absolute atomic E-state index is 0.0449. The molecule has 3 aromatic carbocycles. The number of nitrogens with one attached hydrogen (secondary N) is 1. The number of anilines is 2. The Morgan fingerprint density at radius 3 is 2.11 bits per heavy atom. The van der Waals surface area contributed by atoms with Crippen LogP contribution in [0.5, 0.6) is 5.75 Å². The zero-order valence-electron chi connectivity index (χ0n) is 19.3. The van der Waals surface area contributed by atoms with Crippen molar-refractivity contribution < 1.29 is 22.7 Å². The highest BCUT2D eigenvalue weighted by Gasteiger charge is 2.40. The van der Waals surface area contributed by atoms with Gasteiger partial charge in [0, 0.05) is 11.4 Å². The molecule has 0 aromatic heterocycles. The molecule has 1 heterocycles. The summed E-state index contributed by atoms with van der Waals surface area (Å²) in [7, 11) is -3.88. The minimum Gasteiger partial charge on any atom is -0.463 e. The molecular formula is C27H29FN2O4S. The third kappa shape index (κ3) is 4.78. The summed E-state index contributed by atoms with van der Waals surface area (Å²) < 4.78 is 46.1. The van der Waals surface area contributed by atoms with Gasteiger partial charge in [-0.25, -0.2) is 17.5 Å². The Kier molecular flexibility index (Phi) is 6.77. The first kappa shape index (κ1) is 23.8. The maximum atomic E-state index is 13.1. The maximum absolute atomic E-state index is 13.1. The van der Waals surface area contributed by atoms with E-state index < -0.39 is 29.0 Å². The van der Waals surface area contributed by atoms with E-state index in [1.165, 1.54) is 35.4 Å². The molecule has 35 heavy (non-hydrogen) atoms. The number of hydrogen-bond donors (Lipinski definition) is 2. The molecule has 2 N–H and O–H groups in total. The van der Waals surface area contributed by atoms with Crippen LogP contribution in [-0.4, -0.2) is 38.6 Å². The molecule has 1 fully saturated rings. The minimum atomic E-state index is -3.88. The third-order valence-electron chi connectivity index (χ3n) is 6.98. The van der Waals surface area contributed by atoms with Gasteiger partial charge in [-0.3, -0.25) is 0 Å². The van der Waals surface area contributed by atoms with Crippen LogP contribution in [0.1, 0.15) is 30.4 Å². The Labute approximate surface area is 205 Å². The standard InChI is InChI=1S/C27H29FN2O4S/c28-18-34-21-14-16-22(17-15-21)35(32,33)29-23-8-5-11-26(27(23)31)30-24-9-3-1-6-19(24)12-13-20-7-2-4-10-25(20)30/h1-4,6-7,9-10,14-17,23,26-27,29,31H,5,8,11-13,18H2/t23-,26+,27+/m0/s1. The van der Waals surface area contributed by atoms with E-state index in [1.54, 1.807) is 0 Å². The van der Waals surface area contributed by atoms with Gasteiger partial charge >= 0.3 is 0 Å². The van der Waals surface area contributed by atoms with Crippen LogP contribution in [0, 0.1) is 0 Å². The zero-order chi connectivity index (χ0) is 24.4. The summed E-state index contributed by atoms with van der Waals surface area (Å²) in [6.45, 7) is -0.983. The molecule has 0 amide bonds. The number of aliphatic hydroxyl groups is 1. The number of hydrogen-bond acceptors (Lipinski definition) is 5. The van der Waals surface area contributed by atoms with Crippen LogP contribution in [-0.2, 0) is 22.9 Å². The summed E-state index contributed by atoms with van der Waals surface area (Å²) in [5, 5.41) is 11.5. The fraction of sp³-hybridized carbons (Fsp3) is 0.333. The SMILES string of the molecule is O=S(=O)(N[C@H]1CCC[C@@H](N2c3ccccc3CCc3ccccc32)[C@@H]1O)c1ccc(OCF)cc1. The average Bonchev–Trinajstić information content (AvgIpc) is 3.03. The lowest BCUT2D eigenvalue weighted by molar-refractivity contribution is 0.0812. The molecule has 0 saturated heterocycles. The molecule has 0 radical (unpaired) electrons. The van der Waals surface area contributed by atoms with E-state index in [9.17, 15) is 17.9 Å². The summed E-state index contributed by atoms with van der Waals surface area (Å²) in [6.07, 6.45) is 2.97. The number of ether oxygens (including phenoxy) is 1. The maximum Gasteiger partial charge on any atom is 0.240 e. The van der Waals surface area contributed by atoms with Crippen molar-refractivity contribution in [3.05, 3.63) is 83.9 Å². The normalized spacial score (nSPS) is 22.1. The number of nitrogens with zero attached hydrogens (tertiary/aromatic N) is 1. The summed E-state index contributed by atoms with van der Waals surface area (Å²) in [5.41, 5.74) is 4.56. The van der Waals surface area contributed by atoms with Gasteiger partial charge in [0.15, 0.2) is 0 Å². The Balaban J connectivity index is 1.44. The number of rotatable bonds is 6. The van der Waals surface area contributed by atoms with Gasteiger partial charge in [0.1, 0.15) is 5.75 Å². The highest BCUT2D eigenvalue weighted by Crippen LogP contribution is 2.41. The summed E-state index contributed by atoms with van der Waals surface area (Å²) in [6, 6.07) is 21.2. The predicted octanol–water partition coefficient (Wildman–Crippen LogP) is 4.49. The van der Waals surface area contributed by atoms with Crippen molar-refractivity contribution in [1.82, 2.24) is 4.72 Å². The van der Waals surface area contributed by atoms with Gasteiger partial charge in [0.25, 0.3) is 0 Å². The molecule has 184 valence electrons. The van der Waals surface area contributed by atoms with Crippen molar-refractivity contribution in [3.8, 4) is 5.75 Å². The topological polar surface area (TPSA) is 78.9 Å². The summed E-state index contributed by atoms with van der Waals surface area (Å²) >= 11 is 0. The molecule has 6 nitrogen and oxygen atoms in total. The Morgan fingerprint density at radius 1 is 0.914 bits per heavy atom. The Hall–Kier alpha value is -2.94. The van der Waals surface area contributed by atoms with Gasteiger partial charge in [-0.05, 0) is 79.6 Å². The van der Waals surface area contributed by atoms with E-state index in [2.05, 4.69) is 33.9 Å². The van der Waals surface area contributed by atoms with Gasteiger partial charge in [0.2, 0.25) is 16.9 Å². The van der Waals surface area contributed by atoms with Crippen molar-refractivity contribution in [1.29, 1.82) is 0 Å². The highest BCUT2D eigenvalue weighted by molar-refractivity contribution is 7.89. The highest BCUT2D eigenvalue weighted by atomic mass is 32.2. The molecular weight excluding hydrogens is 467 g/mol.